The van der Waals surface area contributed by atoms with E-state index in [0.717, 1.165) is 11.1 Å². The Hall–Kier alpha value is -2.40. The Balaban J connectivity index is 2.84. The van der Waals surface area contributed by atoms with Crippen molar-refractivity contribution < 1.29 is 19.8 Å². The molecular formula is C16H13O4Si. The predicted octanol–water partition coefficient (Wildman–Crippen LogP) is 2.16. The molecule has 0 aliphatic rings. The lowest BCUT2D eigenvalue weighted by molar-refractivity contribution is 0.0683. The number of aromatic carboxylic acids is 2. The quantitative estimate of drug-likeness (QED) is 0.851. The minimum absolute atomic E-state index is 0.0332. The van der Waals surface area contributed by atoms with Gasteiger partial charge in [-0.3, -0.25) is 0 Å². The van der Waals surface area contributed by atoms with E-state index in [1.807, 2.05) is 32.0 Å². The van der Waals surface area contributed by atoms with Crippen LogP contribution in [0.4, 0.5) is 0 Å². The van der Waals surface area contributed by atoms with Crippen molar-refractivity contribution >= 4 is 27.4 Å². The summed E-state index contributed by atoms with van der Waals surface area (Å²) in [5.41, 5.74) is 3.12. The Bertz CT molecular complexity index is 730. The summed E-state index contributed by atoms with van der Waals surface area (Å²) in [4.78, 5) is 22.7. The van der Waals surface area contributed by atoms with Crippen LogP contribution < -0.4 is 5.19 Å². The van der Waals surface area contributed by atoms with Gasteiger partial charge in [-0.25, -0.2) is 9.59 Å². The third-order valence-corrected chi connectivity index (χ3v) is 3.70. The third-order valence-electron chi connectivity index (χ3n) is 3.18. The van der Waals surface area contributed by atoms with Crippen LogP contribution in [0.2, 0.25) is 0 Å². The largest absolute Gasteiger partial charge is 0.478 e. The lowest BCUT2D eigenvalue weighted by Crippen LogP contribution is -2.21. The number of rotatable bonds is 3. The van der Waals surface area contributed by atoms with Gasteiger partial charge in [0, 0.05) is 0 Å². The Morgan fingerprint density at radius 2 is 1.38 bits per heavy atom. The Kier molecular flexibility index (Phi) is 3.95. The van der Waals surface area contributed by atoms with Crippen molar-refractivity contribution in [3.63, 3.8) is 0 Å². The summed E-state index contributed by atoms with van der Waals surface area (Å²) in [7, 11) is 3.30. The van der Waals surface area contributed by atoms with E-state index in [-0.39, 0.29) is 16.3 Å². The first-order valence-electron chi connectivity index (χ1n) is 6.25. The normalized spacial score (nSPS) is 10.4. The van der Waals surface area contributed by atoms with Crippen LogP contribution >= 0.6 is 0 Å². The monoisotopic (exact) mass is 297 g/mol. The van der Waals surface area contributed by atoms with Gasteiger partial charge in [0.1, 0.15) is 0 Å². The summed E-state index contributed by atoms with van der Waals surface area (Å²) in [6, 6.07) is 8.26. The zero-order valence-electron chi connectivity index (χ0n) is 11.6. The van der Waals surface area contributed by atoms with E-state index >= 15 is 0 Å². The smallest absolute Gasteiger partial charge is 0.336 e. The van der Waals surface area contributed by atoms with Crippen molar-refractivity contribution in [3.05, 3.63) is 52.6 Å². The van der Waals surface area contributed by atoms with Gasteiger partial charge in [-0.05, 0) is 42.3 Å². The van der Waals surface area contributed by atoms with Gasteiger partial charge in [-0.15, -0.1) is 0 Å². The molecule has 0 fully saturated rings. The van der Waals surface area contributed by atoms with Gasteiger partial charge in [-0.1, -0.05) is 29.3 Å². The molecule has 0 aliphatic heterocycles. The van der Waals surface area contributed by atoms with Crippen LogP contribution in [-0.2, 0) is 0 Å². The van der Waals surface area contributed by atoms with Crippen LogP contribution in [0.1, 0.15) is 31.8 Å². The molecule has 0 atom stereocenters. The number of benzene rings is 2. The molecule has 2 aromatic rings. The molecule has 0 aromatic heterocycles. The summed E-state index contributed by atoms with van der Waals surface area (Å²) in [6.07, 6.45) is 0. The van der Waals surface area contributed by atoms with Crippen LogP contribution in [0.3, 0.4) is 0 Å². The first-order valence-corrected chi connectivity index (χ1v) is 6.75. The minimum Gasteiger partial charge on any atom is -0.478 e. The number of carboxylic acids is 2. The van der Waals surface area contributed by atoms with Gasteiger partial charge in [-0.2, -0.15) is 0 Å². The van der Waals surface area contributed by atoms with Crippen molar-refractivity contribution in [2.24, 2.45) is 0 Å². The molecule has 3 radical (unpaired) electrons. The predicted molar refractivity (Wildman–Crippen MR) is 80.7 cm³/mol. The van der Waals surface area contributed by atoms with E-state index in [0.29, 0.717) is 11.1 Å². The van der Waals surface area contributed by atoms with Crippen molar-refractivity contribution in [1.82, 2.24) is 0 Å². The molecule has 0 spiro atoms. The molecule has 2 aromatic carbocycles. The van der Waals surface area contributed by atoms with Crippen molar-refractivity contribution in [3.8, 4) is 11.1 Å². The topological polar surface area (TPSA) is 74.6 Å². The van der Waals surface area contributed by atoms with Gasteiger partial charge in [0.25, 0.3) is 0 Å². The van der Waals surface area contributed by atoms with Crippen LogP contribution in [-0.4, -0.2) is 32.4 Å². The fourth-order valence-electron chi connectivity index (χ4n) is 2.38. The molecule has 0 amide bonds. The van der Waals surface area contributed by atoms with Gasteiger partial charge in [0.2, 0.25) is 0 Å². The highest BCUT2D eigenvalue weighted by Crippen LogP contribution is 2.25. The van der Waals surface area contributed by atoms with E-state index < -0.39 is 11.9 Å². The molecule has 21 heavy (non-hydrogen) atoms. The van der Waals surface area contributed by atoms with Crippen LogP contribution in [0.15, 0.2) is 30.3 Å². The van der Waals surface area contributed by atoms with Gasteiger partial charge in [0.15, 0.2) is 0 Å². The van der Waals surface area contributed by atoms with Crippen LogP contribution in [0, 0.1) is 13.8 Å². The molecule has 0 saturated heterocycles. The van der Waals surface area contributed by atoms with E-state index in [1.54, 1.807) is 0 Å². The van der Waals surface area contributed by atoms with Crippen molar-refractivity contribution in [2.45, 2.75) is 13.8 Å². The average Bonchev–Trinajstić information content (AvgIpc) is 2.36. The number of hydrogen-bond acceptors (Lipinski definition) is 2. The lowest BCUT2D eigenvalue weighted by atomic mass is 9.94. The summed E-state index contributed by atoms with van der Waals surface area (Å²) in [5, 5.41) is 18.8. The maximum Gasteiger partial charge on any atom is 0.336 e. The second kappa shape index (κ2) is 5.53. The molecular weight excluding hydrogens is 284 g/mol. The van der Waals surface area contributed by atoms with E-state index in [1.165, 1.54) is 12.1 Å². The first-order chi connectivity index (χ1) is 9.81. The second-order valence-corrected chi connectivity index (χ2v) is 5.40. The van der Waals surface area contributed by atoms with E-state index in [2.05, 4.69) is 10.2 Å². The number of carboxylic acid groups (broad SMARTS) is 2. The molecule has 0 saturated carbocycles. The summed E-state index contributed by atoms with van der Waals surface area (Å²) in [5.74, 6) is -2.21. The SMILES string of the molecule is Cc1cc(C)cc(-c2c(C(=O)O)ccc(C(=O)O)c2[Si])c1. The lowest BCUT2D eigenvalue weighted by Gasteiger charge is -2.14. The van der Waals surface area contributed by atoms with E-state index in [4.69, 9.17) is 0 Å². The molecule has 4 nitrogen and oxygen atoms in total. The van der Waals surface area contributed by atoms with Crippen LogP contribution in [0.25, 0.3) is 11.1 Å². The summed E-state index contributed by atoms with van der Waals surface area (Å²) >= 11 is 0. The molecule has 0 aliphatic carbocycles. The summed E-state index contributed by atoms with van der Waals surface area (Å²) < 4.78 is 0. The fourth-order valence-corrected chi connectivity index (χ4v) is 2.85. The zero-order valence-corrected chi connectivity index (χ0v) is 12.6. The highest BCUT2D eigenvalue weighted by molar-refractivity contribution is 6.40. The Morgan fingerprint density at radius 1 is 0.905 bits per heavy atom. The zero-order chi connectivity index (χ0) is 15.7. The maximum absolute atomic E-state index is 11.4. The third kappa shape index (κ3) is 2.87. The molecule has 0 unspecified atom stereocenters. The second-order valence-electron chi connectivity index (χ2n) is 4.90. The molecule has 0 heterocycles. The molecule has 5 heteroatoms. The molecule has 2 rings (SSSR count). The average molecular weight is 297 g/mol. The molecule has 0 bridgehead atoms. The fraction of sp³-hybridized carbons (Fsp3) is 0.125. The van der Waals surface area contributed by atoms with E-state index in [9.17, 15) is 19.8 Å². The Morgan fingerprint density at radius 3 is 1.86 bits per heavy atom. The number of hydrogen-bond donors (Lipinski definition) is 2. The highest BCUT2D eigenvalue weighted by Gasteiger charge is 2.19. The van der Waals surface area contributed by atoms with Gasteiger partial charge < -0.3 is 10.2 Å². The van der Waals surface area contributed by atoms with Crippen molar-refractivity contribution in [1.29, 1.82) is 0 Å². The molecule has 105 valence electrons. The first kappa shape index (κ1) is 15.0. The maximum atomic E-state index is 11.4. The van der Waals surface area contributed by atoms with Crippen molar-refractivity contribution in [2.75, 3.05) is 0 Å². The van der Waals surface area contributed by atoms with Crippen LogP contribution in [0.5, 0.6) is 0 Å². The Labute approximate surface area is 125 Å². The number of carbonyl (C=O) groups is 2. The van der Waals surface area contributed by atoms with Gasteiger partial charge >= 0.3 is 11.9 Å². The molecule has 2 N–H and O–H groups in total. The standard InChI is InChI=1S/C16H13O4Si/c1-8-5-9(2)7-10(6-8)13-11(15(17)18)3-4-12(14(13)21)16(19)20/h3-7H,1-2H3,(H,17,18)(H,19,20). The van der Waals surface area contributed by atoms with Gasteiger partial charge in [0.05, 0.1) is 21.4 Å². The highest BCUT2D eigenvalue weighted by atomic mass is 28.1. The minimum atomic E-state index is -1.11. The number of aryl methyl sites for hydroxylation is 2. The summed E-state index contributed by atoms with van der Waals surface area (Å²) in [6.45, 7) is 3.82.